The van der Waals surface area contributed by atoms with E-state index in [1.54, 1.807) is 32.0 Å². The molecule has 7 nitrogen and oxygen atoms in total. The van der Waals surface area contributed by atoms with E-state index in [0.717, 1.165) is 11.3 Å². The molecule has 0 aliphatic rings. The van der Waals surface area contributed by atoms with Gasteiger partial charge in [0.2, 0.25) is 0 Å². The number of hydrogen-bond donors (Lipinski definition) is 0. The number of para-hydroxylation sites is 1. The van der Waals surface area contributed by atoms with Gasteiger partial charge in [-0.3, -0.25) is 4.79 Å². The van der Waals surface area contributed by atoms with Crippen molar-refractivity contribution >= 4 is 29.2 Å². The molecule has 1 aromatic heterocycles. The molecule has 0 saturated carbocycles. The van der Waals surface area contributed by atoms with Crippen LogP contribution >= 0.6 is 11.3 Å². The van der Waals surface area contributed by atoms with Crippen LogP contribution in [0.3, 0.4) is 0 Å². The number of ketones is 1. The molecule has 8 heteroatoms. The molecular weight excluding hydrogens is 416 g/mol. The Morgan fingerprint density at radius 3 is 2.52 bits per heavy atom. The molecule has 0 radical (unpaired) electrons. The van der Waals surface area contributed by atoms with Crippen molar-refractivity contribution in [2.45, 2.75) is 27.2 Å². The molecule has 0 unspecified atom stereocenters. The Labute approximate surface area is 185 Å². The lowest BCUT2D eigenvalue weighted by molar-refractivity contribution is -0.114. The zero-order chi connectivity index (χ0) is 23.0. The number of nitrogens with zero attached hydrogens (tertiary/aromatic N) is 2. The number of benzene rings is 1. The number of carbonyl (C=O) groups is 2. The first-order valence-corrected chi connectivity index (χ1v) is 10.4. The van der Waals surface area contributed by atoms with E-state index in [9.17, 15) is 20.1 Å². The number of methoxy groups -OCH3 is 1. The average Bonchev–Trinajstić information content (AvgIpc) is 3.07. The van der Waals surface area contributed by atoms with Gasteiger partial charge in [-0.05, 0) is 38.5 Å². The third kappa shape index (κ3) is 5.30. The summed E-state index contributed by atoms with van der Waals surface area (Å²) in [5.41, 5.74) is 1.17. The normalized spacial score (nSPS) is 10.7. The van der Waals surface area contributed by atoms with Crippen LogP contribution in [0.1, 0.15) is 45.1 Å². The summed E-state index contributed by atoms with van der Waals surface area (Å²) in [6.07, 6.45) is 1.26. The standard InChI is InChI=1S/C23H22N2O5S/c1-5-29-21-15(8-7-9-19(21)28-4)10-16(12-24)18(26)11-20-17(13-25)14(3)22(31-20)23(27)30-6-2/h7-10H,5-6,11H2,1-4H3/b16-10+. The van der Waals surface area contributed by atoms with E-state index < -0.39 is 11.8 Å². The number of Topliss-reactive ketones (excluding diaryl/α,β-unsaturated/α-hetero) is 1. The highest BCUT2D eigenvalue weighted by atomic mass is 32.1. The smallest absolute Gasteiger partial charge is 0.348 e. The number of nitriles is 2. The van der Waals surface area contributed by atoms with Gasteiger partial charge in [0.1, 0.15) is 17.0 Å². The van der Waals surface area contributed by atoms with Crippen molar-refractivity contribution in [3.63, 3.8) is 0 Å². The van der Waals surface area contributed by atoms with Crippen molar-refractivity contribution in [2.24, 2.45) is 0 Å². The summed E-state index contributed by atoms with van der Waals surface area (Å²) in [6, 6.07) is 9.14. The highest BCUT2D eigenvalue weighted by Gasteiger charge is 2.23. The maximum Gasteiger partial charge on any atom is 0.348 e. The molecule has 0 amide bonds. The fourth-order valence-electron chi connectivity index (χ4n) is 2.91. The van der Waals surface area contributed by atoms with Gasteiger partial charge in [-0.1, -0.05) is 12.1 Å². The highest BCUT2D eigenvalue weighted by Crippen LogP contribution is 2.33. The fraction of sp³-hybridized carbons (Fsp3) is 0.304. The zero-order valence-corrected chi connectivity index (χ0v) is 18.6. The molecule has 1 aromatic carbocycles. The van der Waals surface area contributed by atoms with E-state index in [2.05, 4.69) is 0 Å². The molecule has 0 fully saturated rings. The predicted molar refractivity (Wildman–Crippen MR) is 116 cm³/mol. The maximum atomic E-state index is 12.9. The Morgan fingerprint density at radius 1 is 1.19 bits per heavy atom. The first kappa shape index (κ1) is 23.7. The van der Waals surface area contributed by atoms with Crippen molar-refractivity contribution < 1.29 is 23.8 Å². The molecule has 0 spiro atoms. The largest absolute Gasteiger partial charge is 0.493 e. The molecule has 2 rings (SSSR count). The van der Waals surface area contributed by atoms with E-state index in [4.69, 9.17) is 14.2 Å². The van der Waals surface area contributed by atoms with Crippen molar-refractivity contribution in [2.75, 3.05) is 20.3 Å². The SMILES string of the molecule is CCOC(=O)c1sc(CC(=O)/C(C#N)=C/c2cccc(OC)c2OCC)c(C#N)c1C. The van der Waals surface area contributed by atoms with Gasteiger partial charge in [0.25, 0.3) is 0 Å². The number of hydrogen-bond acceptors (Lipinski definition) is 8. The third-order valence-electron chi connectivity index (χ3n) is 4.35. The number of ether oxygens (including phenoxy) is 3. The van der Waals surface area contributed by atoms with Crippen LogP contribution in [0.5, 0.6) is 11.5 Å². The van der Waals surface area contributed by atoms with Gasteiger partial charge >= 0.3 is 5.97 Å². The molecular formula is C23H22N2O5S. The van der Waals surface area contributed by atoms with E-state index in [0.29, 0.717) is 34.1 Å². The monoisotopic (exact) mass is 438 g/mol. The Morgan fingerprint density at radius 2 is 1.94 bits per heavy atom. The summed E-state index contributed by atoms with van der Waals surface area (Å²) in [5.74, 6) is -0.0858. The molecule has 2 aromatic rings. The van der Waals surface area contributed by atoms with Gasteiger partial charge in [-0.25, -0.2) is 4.79 Å². The Balaban J connectivity index is 2.42. The fourth-order valence-corrected chi connectivity index (χ4v) is 4.06. The quantitative estimate of drug-likeness (QED) is 0.327. The molecule has 31 heavy (non-hydrogen) atoms. The lowest BCUT2D eigenvalue weighted by atomic mass is 10.0. The van der Waals surface area contributed by atoms with Gasteiger partial charge in [0, 0.05) is 16.9 Å². The second-order valence-electron chi connectivity index (χ2n) is 6.27. The Kier molecular flexibility index (Phi) is 8.36. The summed E-state index contributed by atoms with van der Waals surface area (Å²) < 4.78 is 15.9. The van der Waals surface area contributed by atoms with Crippen molar-refractivity contribution in [1.82, 2.24) is 0 Å². The minimum Gasteiger partial charge on any atom is -0.493 e. The van der Waals surface area contributed by atoms with E-state index >= 15 is 0 Å². The Hall–Kier alpha value is -3.62. The van der Waals surface area contributed by atoms with Gasteiger partial charge in [-0.15, -0.1) is 11.3 Å². The summed E-state index contributed by atoms with van der Waals surface area (Å²) in [4.78, 5) is 25.7. The molecule has 1 heterocycles. The lowest BCUT2D eigenvalue weighted by Crippen LogP contribution is -2.06. The van der Waals surface area contributed by atoms with Gasteiger partial charge in [0.05, 0.1) is 31.5 Å². The van der Waals surface area contributed by atoms with Crippen molar-refractivity contribution in [3.8, 4) is 23.6 Å². The van der Waals surface area contributed by atoms with Crippen molar-refractivity contribution in [1.29, 1.82) is 10.5 Å². The number of rotatable bonds is 9. The van der Waals surface area contributed by atoms with Crippen LogP contribution in [0.15, 0.2) is 23.8 Å². The van der Waals surface area contributed by atoms with Crippen molar-refractivity contribution in [3.05, 3.63) is 50.2 Å². The van der Waals surface area contributed by atoms with E-state index in [1.807, 2.05) is 19.1 Å². The highest BCUT2D eigenvalue weighted by molar-refractivity contribution is 7.14. The van der Waals surface area contributed by atoms with Crippen LogP contribution in [0.4, 0.5) is 0 Å². The Bertz CT molecular complexity index is 1100. The first-order valence-electron chi connectivity index (χ1n) is 9.55. The number of allylic oxidation sites excluding steroid dienone is 1. The minimum absolute atomic E-state index is 0.0955. The van der Waals surface area contributed by atoms with Crippen LogP contribution < -0.4 is 9.47 Å². The van der Waals surface area contributed by atoms with Crippen LogP contribution in [0.25, 0.3) is 6.08 Å². The minimum atomic E-state index is -0.533. The second-order valence-corrected chi connectivity index (χ2v) is 7.37. The van der Waals surface area contributed by atoms with Crippen LogP contribution in [-0.4, -0.2) is 32.1 Å². The van der Waals surface area contributed by atoms with Gasteiger partial charge < -0.3 is 14.2 Å². The van der Waals surface area contributed by atoms with E-state index in [-0.39, 0.29) is 29.0 Å². The maximum absolute atomic E-state index is 12.9. The van der Waals surface area contributed by atoms with E-state index in [1.165, 1.54) is 13.2 Å². The molecule has 0 atom stereocenters. The summed E-state index contributed by atoms with van der Waals surface area (Å²) >= 11 is 1.04. The topological polar surface area (TPSA) is 109 Å². The summed E-state index contributed by atoms with van der Waals surface area (Å²) in [5, 5.41) is 19.1. The van der Waals surface area contributed by atoms with Gasteiger partial charge in [-0.2, -0.15) is 10.5 Å². The second kappa shape index (κ2) is 11.0. The number of thiophene rings is 1. The summed E-state index contributed by atoms with van der Waals surface area (Å²) in [6.45, 7) is 5.74. The molecule has 0 aliphatic carbocycles. The van der Waals surface area contributed by atoms with Gasteiger partial charge in [0.15, 0.2) is 17.3 Å². The number of esters is 1. The molecule has 0 bridgehead atoms. The molecule has 0 saturated heterocycles. The first-order chi connectivity index (χ1) is 14.9. The average molecular weight is 439 g/mol. The van der Waals surface area contributed by atoms with Crippen LogP contribution in [0.2, 0.25) is 0 Å². The molecule has 0 aliphatic heterocycles. The lowest BCUT2D eigenvalue weighted by Gasteiger charge is -2.12. The predicted octanol–water partition coefficient (Wildman–Crippen LogP) is 4.23. The number of carbonyl (C=O) groups excluding carboxylic acids is 2. The third-order valence-corrected chi connectivity index (χ3v) is 5.62. The molecule has 0 N–H and O–H groups in total. The summed E-state index contributed by atoms with van der Waals surface area (Å²) in [7, 11) is 1.51. The molecule has 160 valence electrons. The zero-order valence-electron chi connectivity index (χ0n) is 17.8. The van der Waals surface area contributed by atoms with Crippen LogP contribution in [0, 0.1) is 29.6 Å². The van der Waals surface area contributed by atoms with Crippen LogP contribution in [-0.2, 0) is 16.0 Å².